The van der Waals surface area contributed by atoms with Gasteiger partial charge in [0.15, 0.2) is 0 Å². The Morgan fingerprint density at radius 2 is 1.80 bits per heavy atom. The van der Waals surface area contributed by atoms with Gasteiger partial charge in [0, 0.05) is 30.1 Å². The molecule has 3 heterocycles. The van der Waals surface area contributed by atoms with Crippen LogP contribution >= 0.6 is 11.6 Å². The van der Waals surface area contributed by atoms with Crippen molar-refractivity contribution in [2.24, 2.45) is 0 Å². The Morgan fingerprint density at radius 3 is 2.53 bits per heavy atom. The lowest BCUT2D eigenvalue weighted by Gasteiger charge is -2.47. The Kier molecular flexibility index (Phi) is 4.33. The standard InChI is InChI=1S/C23H17ClFN3O2/c24-17-7-5-16(6-8-17)23-13-15-3-1-2-4-19(15)21(29)27(23)11-12-28(23)22(30)20-10-9-18(25)14-26-20/h1-10,14H,11-13H2. The van der Waals surface area contributed by atoms with Gasteiger partial charge in [0.1, 0.15) is 17.2 Å². The van der Waals surface area contributed by atoms with Gasteiger partial charge in [0.25, 0.3) is 11.8 Å². The smallest absolute Gasteiger partial charge is 0.274 e. The summed E-state index contributed by atoms with van der Waals surface area (Å²) >= 11 is 6.10. The summed E-state index contributed by atoms with van der Waals surface area (Å²) in [6.07, 6.45) is 1.47. The van der Waals surface area contributed by atoms with E-state index in [2.05, 4.69) is 4.98 Å². The molecular weight excluding hydrogens is 405 g/mol. The van der Waals surface area contributed by atoms with Crippen LogP contribution in [-0.4, -0.2) is 39.7 Å². The first kappa shape index (κ1) is 18.8. The number of fused-ring (bicyclic) bond motifs is 2. The van der Waals surface area contributed by atoms with E-state index >= 15 is 0 Å². The number of pyridine rings is 1. The zero-order valence-electron chi connectivity index (χ0n) is 15.9. The zero-order chi connectivity index (χ0) is 20.9. The molecule has 0 spiro atoms. The lowest BCUT2D eigenvalue weighted by Crippen LogP contribution is -2.58. The summed E-state index contributed by atoms with van der Waals surface area (Å²) < 4.78 is 13.3. The molecule has 150 valence electrons. The fraction of sp³-hybridized carbons (Fsp3) is 0.174. The highest BCUT2D eigenvalue weighted by Gasteiger charge is 2.55. The number of halogens is 2. The molecule has 0 bridgehead atoms. The van der Waals surface area contributed by atoms with Crippen molar-refractivity contribution in [3.63, 3.8) is 0 Å². The number of nitrogens with zero attached hydrogens (tertiary/aromatic N) is 3. The van der Waals surface area contributed by atoms with Gasteiger partial charge in [-0.2, -0.15) is 0 Å². The van der Waals surface area contributed by atoms with Gasteiger partial charge < -0.3 is 9.80 Å². The van der Waals surface area contributed by atoms with Crippen LogP contribution in [0.1, 0.15) is 32.0 Å². The number of aromatic nitrogens is 1. The average molecular weight is 422 g/mol. The lowest BCUT2D eigenvalue weighted by molar-refractivity contribution is 0.00743. The number of hydrogen-bond donors (Lipinski definition) is 0. The van der Waals surface area contributed by atoms with E-state index in [0.717, 1.165) is 17.3 Å². The molecule has 0 aliphatic carbocycles. The molecule has 1 atom stereocenters. The molecule has 0 saturated carbocycles. The molecule has 1 saturated heterocycles. The van der Waals surface area contributed by atoms with Crippen LogP contribution in [0.4, 0.5) is 4.39 Å². The summed E-state index contributed by atoms with van der Waals surface area (Å²) in [5, 5.41) is 0.570. The highest BCUT2D eigenvalue weighted by Crippen LogP contribution is 2.45. The van der Waals surface area contributed by atoms with Crippen LogP contribution in [0.3, 0.4) is 0 Å². The minimum atomic E-state index is -0.997. The van der Waals surface area contributed by atoms with E-state index in [0.29, 0.717) is 30.1 Å². The molecule has 1 unspecified atom stereocenters. The number of rotatable bonds is 2. The summed E-state index contributed by atoms with van der Waals surface area (Å²) in [7, 11) is 0. The highest BCUT2D eigenvalue weighted by atomic mass is 35.5. The number of hydrogen-bond acceptors (Lipinski definition) is 3. The van der Waals surface area contributed by atoms with Crippen molar-refractivity contribution in [3.05, 3.63) is 100 Å². The quantitative estimate of drug-likeness (QED) is 0.631. The van der Waals surface area contributed by atoms with Crippen molar-refractivity contribution >= 4 is 23.4 Å². The van der Waals surface area contributed by atoms with Crippen LogP contribution in [0.5, 0.6) is 0 Å². The molecule has 0 radical (unpaired) electrons. The summed E-state index contributed by atoms with van der Waals surface area (Å²) in [5.74, 6) is -0.974. The predicted molar refractivity (Wildman–Crippen MR) is 110 cm³/mol. The Labute approximate surface area is 177 Å². The molecule has 1 fully saturated rings. The van der Waals surface area contributed by atoms with Crippen LogP contribution in [0, 0.1) is 5.82 Å². The topological polar surface area (TPSA) is 53.5 Å². The van der Waals surface area contributed by atoms with Gasteiger partial charge in [0.05, 0.1) is 6.20 Å². The molecular formula is C23H17ClFN3O2. The van der Waals surface area contributed by atoms with E-state index in [1.807, 2.05) is 36.4 Å². The number of carbonyl (C=O) groups is 2. The molecule has 2 amide bonds. The zero-order valence-corrected chi connectivity index (χ0v) is 16.6. The third kappa shape index (κ3) is 2.71. The van der Waals surface area contributed by atoms with Crippen molar-refractivity contribution in [3.8, 4) is 0 Å². The van der Waals surface area contributed by atoms with E-state index < -0.39 is 11.5 Å². The van der Waals surface area contributed by atoms with Gasteiger partial charge in [-0.25, -0.2) is 9.37 Å². The first-order valence-electron chi connectivity index (χ1n) is 9.60. The van der Waals surface area contributed by atoms with Crippen LogP contribution in [0.15, 0.2) is 66.9 Å². The molecule has 2 aromatic carbocycles. The summed E-state index contributed by atoms with van der Waals surface area (Å²) in [5.41, 5.74) is 1.46. The Balaban J connectivity index is 1.68. The predicted octanol–water partition coefficient (Wildman–Crippen LogP) is 3.88. The monoisotopic (exact) mass is 421 g/mol. The summed E-state index contributed by atoms with van der Waals surface area (Å²) in [6.45, 7) is 0.739. The Bertz CT molecular complexity index is 1150. The average Bonchev–Trinajstić information content (AvgIpc) is 3.15. The molecule has 7 heteroatoms. The summed E-state index contributed by atoms with van der Waals surface area (Å²) in [4.78, 5) is 34.2. The molecule has 0 N–H and O–H groups in total. The second-order valence-electron chi connectivity index (χ2n) is 7.43. The van der Waals surface area contributed by atoms with Crippen molar-refractivity contribution < 1.29 is 14.0 Å². The molecule has 30 heavy (non-hydrogen) atoms. The van der Waals surface area contributed by atoms with Crippen molar-refractivity contribution in [1.29, 1.82) is 0 Å². The third-order valence-electron chi connectivity index (χ3n) is 5.87. The third-order valence-corrected chi connectivity index (χ3v) is 6.12. The van der Waals surface area contributed by atoms with E-state index in [9.17, 15) is 14.0 Å². The molecule has 3 aromatic rings. The molecule has 2 aliphatic rings. The second-order valence-corrected chi connectivity index (χ2v) is 7.87. The minimum absolute atomic E-state index is 0.117. The van der Waals surface area contributed by atoms with E-state index in [-0.39, 0.29) is 17.5 Å². The van der Waals surface area contributed by atoms with Gasteiger partial charge in [-0.1, -0.05) is 41.9 Å². The molecule has 1 aromatic heterocycles. The lowest BCUT2D eigenvalue weighted by atomic mass is 9.83. The van der Waals surface area contributed by atoms with Crippen LogP contribution in [0.2, 0.25) is 5.02 Å². The fourth-order valence-corrected chi connectivity index (χ4v) is 4.64. The number of carbonyl (C=O) groups excluding carboxylic acids is 2. The van der Waals surface area contributed by atoms with Crippen LogP contribution < -0.4 is 0 Å². The van der Waals surface area contributed by atoms with Gasteiger partial charge in [-0.3, -0.25) is 9.59 Å². The van der Waals surface area contributed by atoms with Crippen molar-refractivity contribution in [2.75, 3.05) is 13.1 Å². The minimum Gasteiger partial charge on any atom is -0.309 e. The van der Waals surface area contributed by atoms with Gasteiger partial charge in [-0.05, 0) is 41.5 Å². The Hall–Kier alpha value is -3.25. The second kappa shape index (κ2) is 6.92. The number of amides is 2. The normalized spacial score (nSPS) is 20.1. The van der Waals surface area contributed by atoms with Crippen LogP contribution in [0.25, 0.3) is 0 Å². The number of benzene rings is 2. The Morgan fingerprint density at radius 1 is 1.03 bits per heavy atom. The maximum Gasteiger partial charge on any atom is 0.274 e. The van der Waals surface area contributed by atoms with E-state index in [4.69, 9.17) is 11.6 Å². The first-order chi connectivity index (χ1) is 14.5. The molecule has 2 aliphatic heterocycles. The van der Waals surface area contributed by atoms with Gasteiger partial charge >= 0.3 is 0 Å². The highest BCUT2D eigenvalue weighted by molar-refractivity contribution is 6.30. The molecule has 5 rings (SSSR count). The SMILES string of the molecule is O=C(c1ccc(F)cn1)N1CCN2C(=O)c3ccccc3CC12c1ccc(Cl)cc1. The van der Waals surface area contributed by atoms with Gasteiger partial charge in [0.2, 0.25) is 0 Å². The molecule has 5 nitrogen and oxygen atoms in total. The van der Waals surface area contributed by atoms with E-state index in [1.54, 1.807) is 21.9 Å². The van der Waals surface area contributed by atoms with Crippen LogP contribution in [-0.2, 0) is 12.1 Å². The van der Waals surface area contributed by atoms with Gasteiger partial charge in [-0.15, -0.1) is 0 Å². The summed E-state index contributed by atoms with van der Waals surface area (Å²) in [6, 6.07) is 17.2. The fourth-order valence-electron chi connectivity index (χ4n) is 4.51. The maximum atomic E-state index is 13.5. The first-order valence-corrected chi connectivity index (χ1v) is 9.98. The maximum absolute atomic E-state index is 13.5. The van der Waals surface area contributed by atoms with E-state index in [1.165, 1.54) is 12.1 Å². The largest absolute Gasteiger partial charge is 0.309 e. The van der Waals surface area contributed by atoms with Crippen molar-refractivity contribution in [1.82, 2.24) is 14.8 Å². The van der Waals surface area contributed by atoms with Crippen molar-refractivity contribution in [2.45, 2.75) is 12.1 Å².